The van der Waals surface area contributed by atoms with Gasteiger partial charge in [-0.1, -0.05) is 24.6 Å². The first-order valence-electron chi connectivity index (χ1n) is 7.15. The van der Waals surface area contributed by atoms with Gasteiger partial charge < -0.3 is 4.90 Å². The molecule has 3 heteroatoms. The maximum atomic E-state index is 2.64. The van der Waals surface area contributed by atoms with E-state index in [2.05, 4.69) is 33.5 Å². The summed E-state index contributed by atoms with van der Waals surface area (Å²) < 4.78 is 2.51. The maximum absolute atomic E-state index is 2.64. The molecule has 0 spiro atoms. The highest BCUT2D eigenvalue weighted by atomic mass is 32.2. The molecule has 0 aromatic heterocycles. The smallest absolute Gasteiger partial charge is 0.0355 e. The molecule has 1 saturated heterocycles. The third-order valence-electron chi connectivity index (χ3n) is 3.88. The van der Waals surface area contributed by atoms with E-state index in [1.165, 1.54) is 62.3 Å². The molecule has 0 bridgehead atoms. The molecule has 98 valence electrons. The fourth-order valence-electron chi connectivity index (χ4n) is 2.86. The first-order valence-corrected chi connectivity index (χ1v) is 7.92. The van der Waals surface area contributed by atoms with Crippen LogP contribution in [0, 0.1) is 0 Å². The monoisotopic (exact) mass is 262 g/mol. The molecule has 2 heterocycles. The number of rotatable bonds is 4. The molecule has 0 aliphatic carbocycles. The van der Waals surface area contributed by atoms with E-state index in [-0.39, 0.29) is 0 Å². The van der Waals surface area contributed by atoms with Gasteiger partial charge >= 0.3 is 0 Å². The predicted octanol–water partition coefficient (Wildman–Crippen LogP) is 3.39. The molecule has 0 radical (unpaired) electrons. The predicted molar refractivity (Wildman–Crippen MR) is 77.6 cm³/mol. The lowest BCUT2D eigenvalue weighted by atomic mass is 10.1. The molecular weight excluding hydrogens is 240 g/mol. The normalized spacial score (nSPS) is 21.1. The van der Waals surface area contributed by atoms with Crippen LogP contribution < -0.4 is 0 Å². The molecule has 1 aromatic rings. The van der Waals surface area contributed by atoms with Crippen LogP contribution in [-0.2, 0) is 6.54 Å². The molecule has 2 nitrogen and oxygen atoms in total. The highest BCUT2D eigenvalue weighted by Crippen LogP contribution is 2.35. The molecule has 2 aliphatic rings. The van der Waals surface area contributed by atoms with Gasteiger partial charge in [-0.3, -0.25) is 0 Å². The van der Waals surface area contributed by atoms with Crippen LogP contribution in [0.25, 0.3) is 0 Å². The van der Waals surface area contributed by atoms with Gasteiger partial charge in [-0.05, 0) is 62.5 Å². The van der Waals surface area contributed by atoms with Crippen molar-refractivity contribution in [3.05, 3.63) is 29.8 Å². The Morgan fingerprint density at radius 3 is 2.67 bits per heavy atom. The Morgan fingerprint density at radius 1 is 1.00 bits per heavy atom. The third-order valence-corrected chi connectivity index (χ3v) is 5.04. The van der Waals surface area contributed by atoms with Crippen molar-refractivity contribution >= 4 is 11.9 Å². The van der Waals surface area contributed by atoms with Crippen LogP contribution in [0.4, 0.5) is 0 Å². The Kier molecular flexibility index (Phi) is 4.24. The Morgan fingerprint density at radius 2 is 1.83 bits per heavy atom. The van der Waals surface area contributed by atoms with Crippen molar-refractivity contribution in [2.75, 3.05) is 26.2 Å². The summed E-state index contributed by atoms with van der Waals surface area (Å²) in [6.07, 6.45) is 5.56. The van der Waals surface area contributed by atoms with Crippen LogP contribution in [0.2, 0.25) is 0 Å². The molecular formula is C15H22N2S. The van der Waals surface area contributed by atoms with Gasteiger partial charge in [0.05, 0.1) is 0 Å². The van der Waals surface area contributed by atoms with Crippen LogP contribution in [0.5, 0.6) is 0 Å². The van der Waals surface area contributed by atoms with Gasteiger partial charge in [-0.25, -0.2) is 4.31 Å². The largest absolute Gasteiger partial charge is 0.303 e. The average Bonchev–Trinajstić information content (AvgIpc) is 2.82. The molecule has 0 unspecified atom stereocenters. The summed E-state index contributed by atoms with van der Waals surface area (Å²) in [6.45, 7) is 6.28. The Balaban J connectivity index is 1.40. The Bertz CT molecular complexity index is 363. The van der Waals surface area contributed by atoms with Crippen molar-refractivity contribution in [2.45, 2.75) is 37.1 Å². The summed E-state index contributed by atoms with van der Waals surface area (Å²) in [4.78, 5) is 4.09. The minimum absolute atomic E-state index is 1.13. The standard InChI is InChI=1S/C15H22N2S/c1-4-9-16(10-5-1)11-6-12-17-13-14-7-2-3-8-15(14)18-17/h2-3,7-8H,1,4-6,9-13H2. The SMILES string of the molecule is c1ccc2c(c1)CN(CCCN1CCCCC1)S2. The second kappa shape index (κ2) is 6.09. The molecule has 0 saturated carbocycles. The van der Waals surface area contributed by atoms with E-state index >= 15 is 0 Å². The number of benzene rings is 1. The van der Waals surface area contributed by atoms with Crippen LogP contribution in [-0.4, -0.2) is 35.4 Å². The second-order valence-corrected chi connectivity index (χ2v) is 6.46. The van der Waals surface area contributed by atoms with Gasteiger partial charge in [0.2, 0.25) is 0 Å². The first-order chi connectivity index (χ1) is 8.92. The average molecular weight is 262 g/mol. The topological polar surface area (TPSA) is 6.48 Å². The zero-order valence-electron chi connectivity index (χ0n) is 11.0. The minimum atomic E-state index is 1.13. The van der Waals surface area contributed by atoms with E-state index in [0.29, 0.717) is 0 Å². The van der Waals surface area contributed by atoms with Crippen LogP contribution in [0.15, 0.2) is 29.2 Å². The molecule has 1 aromatic carbocycles. The van der Waals surface area contributed by atoms with E-state index in [1.807, 2.05) is 11.9 Å². The van der Waals surface area contributed by atoms with E-state index in [1.54, 1.807) is 0 Å². The fraction of sp³-hybridized carbons (Fsp3) is 0.600. The minimum Gasteiger partial charge on any atom is -0.303 e. The number of nitrogens with zero attached hydrogens (tertiary/aromatic N) is 2. The van der Waals surface area contributed by atoms with Crippen LogP contribution >= 0.6 is 11.9 Å². The molecule has 18 heavy (non-hydrogen) atoms. The second-order valence-electron chi connectivity index (χ2n) is 5.32. The van der Waals surface area contributed by atoms with Crippen molar-refractivity contribution in [1.29, 1.82) is 0 Å². The van der Waals surface area contributed by atoms with Gasteiger partial charge in [0, 0.05) is 18.0 Å². The highest BCUT2D eigenvalue weighted by molar-refractivity contribution is 7.97. The Hall–Kier alpha value is -0.510. The number of hydrogen-bond acceptors (Lipinski definition) is 3. The van der Waals surface area contributed by atoms with Crippen LogP contribution in [0.1, 0.15) is 31.2 Å². The Labute approximate surface area is 114 Å². The van der Waals surface area contributed by atoms with Gasteiger partial charge in [-0.15, -0.1) is 0 Å². The summed E-state index contributed by atoms with van der Waals surface area (Å²) in [5.41, 5.74) is 1.50. The lowest BCUT2D eigenvalue weighted by molar-refractivity contribution is 0.221. The highest BCUT2D eigenvalue weighted by Gasteiger charge is 2.19. The van der Waals surface area contributed by atoms with Crippen LogP contribution in [0.3, 0.4) is 0 Å². The molecule has 3 rings (SSSR count). The summed E-state index contributed by atoms with van der Waals surface area (Å²) >= 11 is 1.94. The van der Waals surface area contributed by atoms with Gasteiger partial charge in [0.1, 0.15) is 0 Å². The van der Waals surface area contributed by atoms with Crippen molar-refractivity contribution in [3.63, 3.8) is 0 Å². The summed E-state index contributed by atoms with van der Waals surface area (Å²) in [6, 6.07) is 8.79. The number of likely N-dealkylation sites (tertiary alicyclic amines) is 1. The van der Waals surface area contributed by atoms with Crippen molar-refractivity contribution in [1.82, 2.24) is 9.21 Å². The molecule has 1 fully saturated rings. The quantitative estimate of drug-likeness (QED) is 0.768. The molecule has 0 N–H and O–H groups in total. The third kappa shape index (κ3) is 3.08. The number of piperidine rings is 1. The van der Waals surface area contributed by atoms with Crippen molar-refractivity contribution < 1.29 is 0 Å². The fourth-order valence-corrected chi connectivity index (χ4v) is 3.95. The number of hydrogen-bond donors (Lipinski definition) is 0. The zero-order chi connectivity index (χ0) is 12.2. The summed E-state index contributed by atoms with van der Waals surface area (Å²) in [7, 11) is 0. The van der Waals surface area contributed by atoms with Gasteiger partial charge in [-0.2, -0.15) is 0 Å². The maximum Gasteiger partial charge on any atom is 0.0355 e. The molecule has 0 atom stereocenters. The first kappa shape index (κ1) is 12.5. The van der Waals surface area contributed by atoms with Gasteiger partial charge in [0.15, 0.2) is 0 Å². The van der Waals surface area contributed by atoms with E-state index < -0.39 is 0 Å². The van der Waals surface area contributed by atoms with Crippen molar-refractivity contribution in [3.8, 4) is 0 Å². The van der Waals surface area contributed by atoms with Gasteiger partial charge in [0.25, 0.3) is 0 Å². The zero-order valence-corrected chi connectivity index (χ0v) is 11.8. The molecule has 2 aliphatic heterocycles. The van der Waals surface area contributed by atoms with Crippen molar-refractivity contribution in [2.24, 2.45) is 0 Å². The lowest BCUT2D eigenvalue weighted by Crippen LogP contribution is -2.31. The molecule has 0 amide bonds. The van der Waals surface area contributed by atoms with E-state index in [0.717, 1.165) is 6.54 Å². The van der Waals surface area contributed by atoms with E-state index in [4.69, 9.17) is 0 Å². The van der Waals surface area contributed by atoms with E-state index in [9.17, 15) is 0 Å². The summed E-state index contributed by atoms with van der Waals surface area (Å²) in [5, 5.41) is 0. The number of fused-ring (bicyclic) bond motifs is 1. The summed E-state index contributed by atoms with van der Waals surface area (Å²) in [5.74, 6) is 0. The lowest BCUT2D eigenvalue weighted by Gasteiger charge is -2.26.